The topological polar surface area (TPSA) is 126 Å². The van der Waals surface area contributed by atoms with Crippen molar-refractivity contribution in [3.8, 4) is 0 Å². The normalized spacial score (nSPS) is 28.4. The van der Waals surface area contributed by atoms with Gasteiger partial charge in [0.1, 0.15) is 24.6 Å². The van der Waals surface area contributed by atoms with Gasteiger partial charge in [0.25, 0.3) is 0 Å². The smallest absolute Gasteiger partial charge is 0.167 e. The number of fused-ring (bicyclic) bond motifs is 1. The first-order valence-corrected chi connectivity index (χ1v) is 7.40. The summed E-state index contributed by atoms with van der Waals surface area (Å²) in [5.74, 6) is 0.577. The van der Waals surface area contributed by atoms with Crippen molar-refractivity contribution in [3.63, 3.8) is 0 Å². The fourth-order valence-electron chi connectivity index (χ4n) is 2.59. The molecule has 3 rings (SSSR count). The lowest BCUT2D eigenvalue weighted by Crippen LogP contribution is -2.33. The number of hydrogen-bond donors (Lipinski definition) is 4. The number of ether oxygens (including phenoxy) is 1. The van der Waals surface area contributed by atoms with Crippen LogP contribution in [0.2, 0.25) is 0 Å². The second-order valence-corrected chi connectivity index (χ2v) is 6.65. The molecule has 9 heteroatoms. The predicted octanol–water partition coefficient (Wildman–Crippen LogP) is -0.352. The van der Waals surface area contributed by atoms with Crippen LogP contribution in [0.25, 0.3) is 11.2 Å². The molecular weight excluding hydrogens is 302 g/mol. The van der Waals surface area contributed by atoms with Crippen LogP contribution in [0.15, 0.2) is 12.7 Å². The molecule has 1 aliphatic rings. The van der Waals surface area contributed by atoms with Crippen molar-refractivity contribution in [2.75, 3.05) is 11.9 Å². The van der Waals surface area contributed by atoms with E-state index in [-0.39, 0.29) is 12.1 Å². The molecule has 0 saturated carbocycles. The summed E-state index contributed by atoms with van der Waals surface area (Å²) in [4.78, 5) is 12.7. The molecule has 1 aliphatic heterocycles. The molecule has 9 nitrogen and oxygen atoms in total. The Morgan fingerprint density at radius 2 is 1.96 bits per heavy atom. The number of aromatic nitrogens is 4. The first kappa shape index (κ1) is 16.1. The molecule has 4 atom stereocenters. The number of nitrogens with one attached hydrogen (secondary N) is 1. The van der Waals surface area contributed by atoms with Crippen molar-refractivity contribution >= 4 is 17.0 Å². The van der Waals surface area contributed by atoms with Crippen LogP contribution in [-0.2, 0) is 4.74 Å². The third kappa shape index (κ3) is 2.88. The molecule has 4 N–H and O–H groups in total. The Morgan fingerprint density at radius 3 is 2.57 bits per heavy atom. The van der Waals surface area contributed by atoms with Crippen LogP contribution in [0.5, 0.6) is 0 Å². The van der Waals surface area contributed by atoms with E-state index in [1.165, 1.54) is 17.2 Å². The van der Waals surface area contributed by atoms with E-state index in [0.29, 0.717) is 17.0 Å². The highest BCUT2D eigenvalue weighted by atomic mass is 16.6. The van der Waals surface area contributed by atoms with Crippen molar-refractivity contribution in [1.29, 1.82) is 0 Å². The average molecular weight is 323 g/mol. The summed E-state index contributed by atoms with van der Waals surface area (Å²) in [5.41, 5.74) is 0.814. The lowest BCUT2D eigenvalue weighted by atomic mass is 10.1. The molecule has 0 spiro atoms. The van der Waals surface area contributed by atoms with Crippen LogP contribution in [0.3, 0.4) is 0 Å². The minimum Gasteiger partial charge on any atom is -0.394 e. The van der Waals surface area contributed by atoms with Crippen molar-refractivity contribution in [2.45, 2.75) is 50.8 Å². The number of nitrogens with zero attached hydrogens (tertiary/aromatic N) is 4. The molecule has 0 aromatic carbocycles. The largest absolute Gasteiger partial charge is 0.394 e. The van der Waals surface area contributed by atoms with E-state index >= 15 is 0 Å². The van der Waals surface area contributed by atoms with Gasteiger partial charge in [-0.3, -0.25) is 4.57 Å². The summed E-state index contributed by atoms with van der Waals surface area (Å²) in [6.45, 7) is 5.63. The summed E-state index contributed by atoms with van der Waals surface area (Å²) in [7, 11) is 0. The van der Waals surface area contributed by atoms with Crippen LogP contribution in [0.1, 0.15) is 27.0 Å². The van der Waals surface area contributed by atoms with E-state index in [4.69, 9.17) is 4.74 Å². The van der Waals surface area contributed by atoms with Gasteiger partial charge in [0.05, 0.1) is 12.9 Å². The SMILES string of the molecule is CC(C)(C)Nc1ncnc2c1ncn2[C@@H]1O[C@H](CO)C(O)[C@@H]1O. The molecule has 0 radical (unpaired) electrons. The van der Waals surface area contributed by atoms with E-state index in [1.807, 2.05) is 20.8 Å². The fourth-order valence-corrected chi connectivity index (χ4v) is 2.59. The highest BCUT2D eigenvalue weighted by Gasteiger charge is 2.44. The molecular formula is C14H21N5O4. The van der Waals surface area contributed by atoms with Crippen LogP contribution in [-0.4, -0.2) is 65.3 Å². The monoisotopic (exact) mass is 323 g/mol. The van der Waals surface area contributed by atoms with Crippen LogP contribution in [0, 0.1) is 0 Å². The Morgan fingerprint density at radius 1 is 1.22 bits per heavy atom. The number of anilines is 1. The van der Waals surface area contributed by atoms with E-state index in [0.717, 1.165) is 0 Å². The zero-order chi connectivity index (χ0) is 16.8. The third-order valence-electron chi connectivity index (χ3n) is 3.64. The Labute approximate surface area is 133 Å². The maximum Gasteiger partial charge on any atom is 0.167 e. The number of rotatable bonds is 3. The average Bonchev–Trinajstić information content (AvgIpc) is 3.01. The molecule has 1 fully saturated rings. The van der Waals surface area contributed by atoms with E-state index in [9.17, 15) is 15.3 Å². The Kier molecular flexibility index (Phi) is 3.96. The number of aliphatic hydroxyl groups is 3. The summed E-state index contributed by atoms with van der Waals surface area (Å²) >= 11 is 0. The van der Waals surface area contributed by atoms with Gasteiger partial charge in [-0.1, -0.05) is 0 Å². The first-order valence-electron chi connectivity index (χ1n) is 7.40. The molecule has 1 saturated heterocycles. The van der Waals surface area contributed by atoms with Crippen molar-refractivity contribution in [3.05, 3.63) is 12.7 Å². The molecule has 23 heavy (non-hydrogen) atoms. The van der Waals surface area contributed by atoms with Crippen molar-refractivity contribution in [2.24, 2.45) is 0 Å². The molecule has 2 aromatic heterocycles. The van der Waals surface area contributed by atoms with Gasteiger partial charge >= 0.3 is 0 Å². The standard InChI is InChI=1S/C14H21N5O4/c1-14(2,3)18-11-8-12(16-5-15-11)19(6-17-8)13-10(22)9(21)7(4-20)23-13/h5-7,9-10,13,20-22H,4H2,1-3H3,(H,15,16,18)/t7-,9?,10+,13-/m1/s1. The summed E-state index contributed by atoms with van der Waals surface area (Å²) < 4.78 is 7.06. The lowest BCUT2D eigenvalue weighted by molar-refractivity contribution is -0.0511. The molecule has 2 aromatic rings. The van der Waals surface area contributed by atoms with Gasteiger partial charge in [-0.25, -0.2) is 15.0 Å². The second kappa shape index (κ2) is 5.68. The van der Waals surface area contributed by atoms with E-state index in [2.05, 4.69) is 20.3 Å². The maximum atomic E-state index is 10.2. The minimum absolute atomic E-state index is 0.202. The minimum atomic E-state index is -1.18. The molecule has 0 bridgehead atoms. The second-order valence-electron chi connectivity index (χ2n) is 6.65. The van der Waals surface area contributed by atoms with Gasteiger partial charge < -0.3 is 25.4 Å². The number of aliphatic hydroxyl groups excluding tert-OH is 3. The number of imidazole rings is 1. The molecule has 0 amide bonds. The third-order valence-corrected chi connectivity index (χ3v) is 3.64. The fraction of sp³-hybridized carbons (Fsp3) is 0.643. The molecule has 126 valence electrons. The molecule has 1 unspecified atom stereocenters. The summed E-state index contributed by atoms with van der Waals surface area (Å²) in [6, 6.07) is 0. The highest BCUT2D eigenvalue weighted by molar-refractivity contribution is 5.83. The van der Waals surface area contributed by atoms with E-state index in [1.54, 1.807) is 0 Å². The van der Waals surface area contributed by atoms with Gasteiger partial charge in [0.15, 0.2) is 23.2 Å². The summed E-state index contributed by atoms with van der Waals surface area (Å²) in [5, 5.41) is 32.5. The zero-order valence-corrected chi connectivity index (χ0v) is 13.2. The highest BCUT2D eigenvalue weighted by Crippen LogP contribution is 2.32. The Bertz CT molecular complexity index is 698. The van der Waals surface area contributed by atoms with Gasteiger partial charge in [0, 0.05) is 5.54 Å². The lowest BCUT2D eigenvalue weighted by Gasteiger charge is -2.21. The molecule has 0 aliphatic carbocycles. The van der Waals surface area contributed by atoms with Crippen LogP contribution >= 0.6 is 0 Å². The van der Waals surface area contributed by atoms with Gasteiger partial charge in [-0.2, -0.15) is 0 Å². The first-order chi connectivity index (χ1) is 10.8. The van der Waals surface area contributed by atoms with Crippen LogP contribution in [0.4, 0.5) is 5.82 Å². The predicted molar refractivity (Wildman–Crippen MR) is 81.7 cm³/mol. The molecule has 3 heterocycles. The zero-order valence-electron chi connectivity index (χ0n) is 13.2. The van der Waals surface area contributed by atoms with Gasteiger partial charge in [0.2, 0.25) is 0 Å². The van der Waals surface area contributed by atoms with Gasteiger partial charge in [-0.15, -0.1) is 0 Å². The van der Waals surface area contributed by atoms with Crippen molar-refractivity contribution < 1.29 is 20.1 Å². The summed E-state index contributed by atoms with van der Waals surface area (Å²) in [6.07, 6.45) is -1.19. The number of hydrogen-bond acceptors (Lipinski definition) is 8. The maximum absolute atomic E-state index is 10.2. The van der Waals surface area contributed by atoms with E-state index < -0.39 is 24.5 Å². The quantitative estimate of drug-likeness (QED) is 0.604. The Balaban J connectivity index is 1.99. The Hall–Kier alpha value is -1.81. The van der Waals surface area contributed by atoms with Gasteiger partial charge in [-0.05, 0) is 20.8 Å². The van der Waals surface area contributed by atoms with Crippen LogP contribution < -0.4 is 5.32 Å². The van der Waals surface area contributed by atoms with Crippen molar-refractivity contribution in [1.82, 2.24) is 19.5 Å².